The van der Waals surface area contributed by atoms with Gasteiger partial charge in [-0.25, -0.2) is 0 Å². The molecule has 0 unspecified atom stereocenters. The van der Waals surface area contributed by atoms with Crippen molar-refractivity contribution in [3.05, 3.63) is 51.8 Å². The molecule has 1 heterocycles. The summed E-state index contributed by atoms with van der Waals surface area (Å²) in [7, 11) is 0. The van der Waals surface area contributed by atoms with Crippen molar-refractivity contribution in [2.75, 3.05) is 5.32 Å². The van der Waals surface area contributed by atoms with Crippen molar-refractivity contribution in [2.24, 2.45) is 0 Å². The maximum absolute atomic E-state index is 13.4. The number of rotatable bonds is 5. The Morgan fingerprint density at radius 2 is 1.92 bits per heavy atom. The summed E-state index contributed by atoms with van der Waals surface area (Å²) >= 11 is 11.9. The molecule has 1 saturated carbocycles. The quantitative estimate of drug-likeness (QED) is 0.765. The Morgan fingerprint density at radius 3 is 2.46 bits per heavy atom. The highest BCUT2D eigenvalue weighted by atomic mass is 35.5. The van der Waals surface area contributed by atoms with E-state index in [9.17, 15) is 13.6 Å². The van der Waals surface area contributed by atoms with Gasteiger partial charge in [0.15, 0.2) is 0 Å². The number of halogens is 4. The Hall–Kier alpha value is -1.96. The standard InChI is InChI=1S/C17H14Cl2F2N2O3/c18-12-7-22-8-13(19)15(12)23-16(24)9-4-5-11(17(20,21)25)14(6-9)26-10-2-1-3-10/h4-8,10,25H,1-3H2,(H,22,23,24). The predicted octanol–water partition coefficient (Wildman–Crippen LogP) is 4.61. The highest BCUT2D eigenvalue weighted by Gasteiger charge is 2.34. The van der Waals surface area contributed by atoms with E-state index in [4.69, 9.17) is 33.0 Å². The lowest BCUT2D eigenvalue weighted by atomic mass is 9.96. The smallest absolute Gasteiger partial charge is 0.384 e. The fraction of sp³-hybridized carbons (Fsp3) is 0.294. The van der Waals surface area contributed by atoms with Crippen LogP contribution in [-0.4, -0.2) is 22.1 Å². The molecule has 0 atom stereocenters. The summed E-state index contributed by atoms with van der Waals surface area (Å²) in [6.07, 6.45) is 0.733. The Kier molecular flexibility index (Phi) is 5.32. The van der Waals surface area contributed by atoms with Gasteiger partial charge < -0.3 is 15.2 Å². The molecule has 0 aliphatic heterocycles. The Morgan fingerprint density at radius 1 is 1.27 bits per heavy atom. The lowest BCUT2D eigenvalue weighted by Gasteiger charge is -2.28. The third-order valence-electron chi connectivity index (χ3n) is 4.01. The van der Waals surface area contributed by atoms with Crippen molar-refractivity contribution in [1.29, 1.82) is 0 Å². The average molecular weight is 403 g/mol. The molecule has 9 heteroatoms. The van der Waals surface area contributed by atoms with E-state index in [1.54, 1.807) is 0 Å². The number of pyridine rings is 1. The predicted molar refractivity (Wildman–Crippen MR) is 93.0 cm³/mol. The number of hydrogen-bond donors (Lipinski definition) is 2. The molecule has 1 aliphatic carbocycles. The van der Waals surface area contributed by atoms with Crippen LogP contribution in [0.3, 0.4) is 0 Å². The summed E-state index contributed by atoms with van der Waals surface area (Å²) in [5.41, 5.74) is -0.483. The van der Waals surface area contributed by atoms with Gasteiger partial charge in [-0.1, -0.05) is 23.2 Å². The Bertz CT molecular complexity index is 819. The van der Waals surface area contributed by atoms with Crippen molar-refractivity contribution < 1.29 is 23.4 Å². The molecule has 1 fully saturated rings. The molecule has 0 radical (unpaired) electrons. The molecule has 138 valence electrons. The lowest BCUT2D eigenvalue weighted by Crippen LogP contribution is -2.26. The topological polar surface area (TPSA) is 71.5 Å². The van der Waals surface area contributed by atoms with Gasteiger partial charge in [0.25, 0.3) is 5.91 Å². The van der Waals surface area contributed by atoms with E-state index >= 15 is 0 Å². The number of carbonyl (C=O) groups is 1. The molecule has 2 aromatic rings. The van der Waals surface area contributed by atoms with Gasteiger partial charge >= 0.3 is 6.11 Å². The number of alkyl halides is 2. The first-order valence-electron chi connectivity index (χ1n) is 7.77. The van der Waals surface area contributed by atoms with Crippen LogP contribution in [0.4, 0.5) is 14.5 Å². The Labute approximate surface area is 157 Å². The number of ether oxygens (including phenoxy) is 1. The molecule has 0 spiro atoms. The van der Waals surface area contributed by atoms with Gasteiger partial charge in [0, 0.05) is 18.0 Å². The second-order valence-corrected chi connectivity index (χ2v) is 6.67. The molecule has 1 aliphatic rings. The van der Waals surface area contributed by atoms with Crippen LogP contribution in [0, 0.1) is 0 Å². The van der Waals surface area contributed by atoms with Crippen molar-refractivity contribution in [3.8, 4) is 5.75 Å². The number of hydrogen-bond acceptors (Lipinski definition) is 4. The Balaban J connectivity index is 1.89. The van der Waals surface area contributed by atoms with E-state index in [-0.39, 0.29) is 33.1 Å². The monoisotopic (exact) mass is 402 g/mol. The second kappa shape index (κ2) is 7.34. The van der Waals surface area contributed by atoms with E-state index in [1.165, 1.54) is 12.4 Å². The third-order valence-corrected chi connectivity index (χ3v) is 4.58. The van der Waals surface area contributed by atoms with Crippen LogP contribution in [0.15, 0.2) is 30.6 Å². The molecule has 0 bridgehead atoms. The fourth-order valence-corrected chi connectivity index (χ4v) is 2.85. The van der Waals surface area contributed by atoms with Gasteiger partial charge in [0.2, 0.25) is 0 Å². The summed E-state index contributed by atoms with van der Waals surface area (Å²) in [5.74, 6) is -0.854. The molecule has 5 nitrogen and oxygen atoms in total. The van der Waals surface area contributed by atoms with Crippen LogP contribution in [0.2, 0.25) is 10.0 Å². The van der Waals surface area contributed by atoms with Crippen molar-refractivity contribution in [1.82, 2.24) is 4.98 Å². The highest BCUT2D eigenvalue weighted by Crippen LogP contribution is 2.36. The molecule has 0 saturated heterocycles. The van der Waals surface area contributed by atoms with Gasteiger partial charge in [-0.05, 0) is 37.5 Å². The number of benzene rings is 1. The normalized spacial score (nSPS) is 14.7. The SMILES string of the molecule is O=C(Nc1c(Cl)cncc1Cl)c1ccc(C(O)(F)F)c(OC2CCC2)c1. The van der Waals surface area contributed by atoms with E-state index < -0.39 is 17.6 Å². The largest absolute Gasteiger partial charge is 0.490 e. The van der Waals surface area contributed by atoms with Crippen molar-refractivity contribution in [2.45, 2.75) is 31.5 Å². The molecule has 2 N–H and O–H groups in total. The zero-order valence-electron chi connectivity index (χ0n) is 13.3. The molecule has 1 aromatic carbocycles. The number of carbonyl (C=O) groups excluding carboxylic acids is 1. The minimum absolute atomic E-state index is 0.0521. The molecular weight excluding hydrogens is 389 g/mol. The molecule has 26 heavy (non-hydrogen) atoms. The van der Waals surface area contributed by atoms with Crippen molar-refractivity contribution in [3.63, 3.8) is 0 Å². The number of amides is 1. The van der Waals surface area contributed by atoms with Crippen LogP contribution >= 0.6 is 23.2 Å². The first kappa shape index (κ1) is 18.8. The van der Waals surface area contributed by atoms with Crippen LogP contribution in [0.1, 0.15) is 35.2 Å². The minimum Gasteiger partial charge on any atom is -0.490 e. The zero-order chi connectivity index (χ0) is 18.9. The van der Waals surface area contributed by atoms with Crippen molar-refractivity contribution >= 4 is 34.8 Å². The molecule has 3 rings (SSSR count). The van der Waals surface area contributed by atoms with Crippen LogP contribution in [0.5, 0.6) is 5.75 Å². The summed E-state index contributed by atoms with van der Waals surface area (Å²) in [5, 5.41) is 11.8. The first-order chi connectivity index (χ1) is 12.3. The number of nitrogens with zero attached hydrogens (tertiary/aromatic N) is 1. The van der Waals surface area contributed by atoms with E-state index in [0.29, 0.717) is 0 Å². The average Bonchev–Trinajstić information content (AvgIpc) is 2.53. The number of anilines is 1. The maximum atomic E-state index is 13.4. The van der Waals surface area contributed by atoms with E-state index in [1.807, 2.05) is 0 Å². The van der Waals surface area contributed by atoms with E-state index in [0.717, 1.165) is 37.5 Å². The zero-order valence-corrected chi connectivity index (χ0v) is 14.8. The van der Waals surface area contributed by atoms with Gasteiger partial charge in [-0.2, -0.15) is 8.78 Å². The number of nitrogens with one attached hydrogen (secondary N) is 1. The molecule has 1 amide bonds. The maximum Gasteiger partial charge on any atom is 0.384 e. The second-order valence-electron chi connectivity index (χ2n) is 5.86. The highest BCUT2D eigenvalue weighted by molar-refractivity contribution is 6.39. The summed E-state index contributed by atoms with van der Waals surface area (Å²) in [4.78, 5) is 16.2. The lowest BCUT2D eigenvalue weighted by molar-refractivity contribution is -0.210. The first-order valence-corrected chi connectivity index (χ1v) is 8.53. The number of aromatic nitrogens is 1. The molecule has 1 aromatic heterocycles. The summed E-state index contributed by atoms with van der Waals surface area (Å²) in [6.45, 7) is 0. The van der Waals surface area contributed by atoms with Gasteiger partial charge in [0.1, 0.15) is 5.75 Å². The summed E-state index contributed by atoms with van der Waals surface area (Å²) < 4.78 is 32.3. The van der Waals surface area contributed by atoms with Gasteiger partial charge in [-0.15, -0.1) is 0 Å². The van der Waals surface area contributed by atoms with Crippen LogP contribution in [-0.2, 0) is 6.11 Å². The fourth-order valence-electron chi connectivity index (χ4n) is 2.39. The third kappa shape index (κ3) is 4.06. The van der Waals surface area contributed by atoms with Crippen LogP contribution < -0.4 is 10.1 Å². The number of aliphatic hydroxyl groups is 1. The van der Waals surface area contributed by atoms with Crippen LogP contribution in [0.25, 0.3) is 0 Å². The van der Waals surface area contributed by atoms with E-state index in [2.05, 4.69) is 10.3 Å². The van der Waals surface area contributed by atoms with Gasteiger partial charge in [-0.3, -0.25) is 9.78 Å². The van der Waals surface area contributed by atoms with Gasteiger partial charge in [0.05, 0.1) is 27.4 Å². The summed E-state index contributed by atoms with van der Waals surface area (Å²) in [6, 6.07) is 3.28. The molecular formula is C17H14Cl2F2N2O3. The minimum atomic E-state index is -4.08.